The summed E-state index contributed by atoms with van der Waals surface area (Å²) in [6.07, 6.45) is 4.79. The molecule has 0 aliphatic rings. The molecule has 0 heterocycles. The van der Waals surface area contributed by atoms with Gasteiger partial charge in [0.05, 0.1) is 27.9 Å². The van der Waals surface area contributed by atoms with Crippen LogP contribution in [0.4, 0.5) is 0 Å². The molecule has 1 aromatic carbocycles. The normalized spacial score (nSPS) is 11.2. The topological polar surface area (TPSA) is 78.1 Å². The van der Waals surface area contributed by atoms with Crippen LogP contribution in [0.25, 0.3) is 0 Å². The SMILES string of the molecule is CCCCCCNC(N)=NCc1ccc(OC)c(OC)c1OC. The van der Waals surface area contributed by atoms with E-state index in [1.165, 1.54) is 19.3 Å². The molecular weight excluding hydrogens is 294 g/mol. The number of rotatable bonds is 10. The number of nitrogens with two attached hydrogens (primary N) is 1. The Morgan fingerprint density at radius 1 is 1.04 bits per heavy atom. The Labute approximate surface area is 139 Å². The third kappa shape index (κ3) is 5.88. The highest BCUT2D eigenvalue weighted by atomic mass is 16.5. The molecule has 23 heavy (non-hydrogen) atoms. The van der Waals surface area contributed by atoms with Crippen LogP contribution in [0.15, 0.2) is 17.1 Å². The summed E-state index contributed by atoms with van der Waals surface area (Å²) in [5, 5.41) is 3.13. The highest BCUT2D eigenvalue weighted by Crippen LogP contribution is 2.39. The Kier molecular flexibility index (Phi) is 8.72. The maximum Gasteiger partial charge on any atom is 0.203 e. The number of ether oxygens (including phenoxy) is 3. The van der Waals surface area contributed by atoms with Gasteiger partial charge in [-0.3, -0.25) is 0 Å². The molecule has 0 unspecified atom stereocenters. The number of nitrogens with one attached hydrogen (secondary N) is 1. The lowest BCUT2D eigenvalue weighted by atomic mass is 10.1. The highest BCUT2D eigenvalue weighted by molar-refractivity contribution is 5.77. The lowest BCUT2D eigenvalue weighted by Gasteiger charge is -2.15. The fourth-order valence-electron chi connectivity index (χ4n) is 2.28. The van der Waals surface area contributed by atoms with Crippen molar-refractivity contribution < 1.29 is 14.2 Å². The lowest BCUT2D eigenvalue weighted by Crippen LogP contribution is -2.32. The second kappa shape index (κ2) is 10.6. The van der Waals surface area contributed by atoms with Gasteiger partial charge in [0.1, 0.15) is 0 Å². The van der Waals surface area contributed by atoms with Crippen LogP contribution in [0.1, 0.15) is 38.2 Å². The lowest BCUT2D eigenvalue weighted by molar-refractivity contribution is 0.322. The molecule has 0 atom stereocenters. The molecular formula is C17H29N3O3. The van der Waals surface area contributed by atoms with Gasteiger partial charge in [-0.2, -0.15) is 0 Å². The molecule has 0 saturated heterocycles. The fraction of sp³-hybridized carbons (Fsp3) is 0.588. The van der Waals surface area contributed by atoms with Crippen molar-refractivity contribution in [1.82, 2.24) is 5.32 Å². The summed E-state index contributed by atoms with van der Waals surface area (Å²) in [4.78, 5) is 4.36. The minimum Gasteiger partial charge on any atom is -0.493 e. The van der Waals surface area contributed by atoms with Crippen molar-refractivity contribution >= 4 is 5.96 Å². The second-order valence-electron chi connectivity index (χ2n) is 5.18. The average Bonchev–Trinajstić information content (AvgIpc) is 2.58. The quantitative estimate of drug-likeness (QED) is 0.393. The first kappa shape index (κ1) is 18.9. The summed E-state index contributed by atoms with van der Waals surface area (Å²) >= 11 is 0. The number of methoxy groups -OCH3 is 3. The highest BCUT2D eigenvalue weighted by Gasteiger charge is 2.15. The summed E-state index contributed by atoms with van der Waals surface area (Å²) < 4.78 is 16.1. The van der Waals surface area contributed by atoms with Gasteiger partial charge in [0, 0.05) is 12.1 Å². The van der Waals surface area contributed by atoms with E-state index < -0.39 is 0 Å². The molecule has 3 N–H and O–H groups in total. The van der Waals surface area contributed by atoms with Crippen molar-refractivity contribution in [2.45, 2.75) is 39.2 Å². The van der Waals surface area contributed by atoms with Crippen LogP contribution in [0.5, 0.6) is 17.2 Å². The van der Waals surface area contributed by atoms with Crippen LogP contribution >= 0.6 is 0 Å². The summed E-state index contributed by atoms with van der Waals surface area (Å²) in [6, 6.07) is 3.73. The Bertz CT molecular complexity index is 504. The fourth-order valence-corrected chi connectivity index (χ4v) is 2.28. The van der Waals surface area contributed by atoms with E-state index in [-0.39, 0.29) is 0 Å². The van der Waals surface area contributed by atoms with Crippen LogP contribution in [0.3, 0.4) is 0 Å². The Morgan fingerprint density at radius 2 is 1.78 bits per heavy atom. The van der Waals surface area contributed by atoms with Crippen LogP contribution in [0, 0.1) is 0 Å². The molecule has 1 rings (SSSR count). The monoisotopic (exact) mass is 323 g/mol. The molecule has 0 aliphatic carbocycles. The number of nitrogens with zero attached hydrogens (tertiary/aromatic N) is 1. The van der Waals surface area contributed by atoms with Crippen LogP contribution < -0.4 is 25.3 Å². The van der Waals surface area contributed by atoms with E-state index in [1.54, 1.807) is 21.3 Å². The molecule has 0 saturated carbocycles. The Balaban J connectivity index is 2.67. The van der Waals surface area contributed by atoms with Crippen molar-refractivity contribution in [3.05, 3.63) is 17.7 Å². The molecule has 0 radical (unpaired) electrons. The van der Waals surface area contributed by atoms with Gasteiger partial charge in [0.25, 0.3) is 0 Å². The van der Waals surface area contributed by atoms with E-state index in [9.17, 15) is 0 Å². The van der Waals surface area contributed by atoms with Gasteiger partial charge in [-0.15, -0.1) is 0 Å². The van der Waals surface area contributed by atoms with E-state index in [4.69, 9.17) is 19.9 Å². The van der Waals surface area contributed by atoms with Gasteiger partial charge in [-0.1, -0.05) is 26.2 Å². The number of hydrogen-bond acceptors (Lipinski definition) is 4. The molecule has 0 spiro atoms. The van der Waals surface area contributed by atoms with E-state index in [2.05, 4.69) is 17.2 Å². The largest absolute Gasteiger partial charge is 0.493 e. The van der Waals surface area contributed by atoms with Gasteiger partial charge in [0.2, 0.25) is 5.75 Å². The Morgan fingerprint density at radius 3 is 2.39 bits per heavy atom. The molecule has 0 bridgehead atoms. The molecule has 0 aliphatic heterocycles. The van der Waals surface area contributed by atoms with Crippen molar-refractivity contribution in [3.8, 4) is 17.2 Å². The summed E-state index contributed by atoms with van der Waals surface area (Å²) in [7, 11) is 4.77. The second-order valence-corrected chi connectivity index (χ2v) is 5.18. The number of benzene rings is 1. The standard InChI is InChI=1S/C17H29N3O3/c1-5-6-7-8-11-19-17(18)20-12-13-9-10-14(21-2)16(23-4)15(13)22-3/h9-10H,5-8,11-12H2,1-4H3,(H3,18,19,20). The molecule has 0 amide bonds. The van der Waals surface area contributed by atoms with Gasteiger partial charge >= 0.3 is 0 Å². The number of aliphatic imine (C=N–C) groups is 1. The van der Waals surface area contributed by atoms with Crippen LogP contribution in [-0.2, 0) is 6.54 Å². The minimum atomic E-state index is 0.414. The Hall–Kier alpha value is -2.11. The van der Waals surface area contributed by atoms with Crippen LogP contribution in [-0.4, -0.2) is 33.8 Å². The zero-order valence-corrected chi connectivity index (χ0v) is 14.6. The number of unbranched alkanes of at least 4 members (excludes halogenated alkanes) is 3. The van der Waals surface area contributed by atoms with Crippen molar-refractivity contribution in [2.75, 3.05) is 27.9 Å². The van der Waals surface area contributed by atoms with Gasteiger partial charge in [-0.05, 0) is 18.6 Å². The van der Waals surface area contributed by atoms with Crippen molar-refractivity contribution in [2.24, 2.45) is 10.7 Å². The zero-order valence-electron chi connectivity index (χ0n) is 14.6. The molecule has 130 valence electrons. The van der Waals surface area contributed by atoms with E-state index in [0.717, 1.165) is 18.5 Å². The third-order valence-corrected chi connectivity index (χ3v) is 3.54. The summed E-state index contributed by atoms with van der Waals surface area (Å²) in [6.45, 7) is 3.45. The first-order valence-corrected chi connectivity index (χ1v) is 7.99. The maximum absolute atomic E-state index is 5.90. The molecule has 6 nitrogen and oxygen atoms in total. The predicted octanol–water partition coefficient (Wildman–Crippen LogP) is 2.70. The smallest absolute Gasteiger partial charge is 0.203 e. The summed E-state index contributed by atoms with van der Waals surface area (Å²) in [5.74, 6) is 2.25. The van der Waals surface area contributed by atoms with E-state index in [0.29, 0.717) is 29.8 Å². The molecule has 6 heteroatoms. The first-order chi connectivity index (χ1) is 11.2. The van der Waals surface area contributed by atoms with Crippen molar-refractivity contribution in [3.63, 3.8) is 0 Å². The van der Waals surface area contributed by atoms with E-state index >= 15 is 0 Å². The molecule has 0 fully saturated rings. The van der Waals surface area contributed by atoms with Crippen LogP contribution in [0.2, 0.25) is 0 Å². The van der Waals surface area contributed by atoms with Gasteiger partial charge in [0.15, 0.2) is 17.5 Å². The maximum atomic E-state index is 5.90. The van der Waals surface area contributed by atoms with E-state index in [1.807, 2.05) is 12.1 Å². The number of guanidine groups is 1. The molecule has 0 aromatic heterocycles. The van der Waals surface area contributed by atoms with Crippen molar-refractivity contribution in [1.29, 1.82) is 0 Å². The average molecular weight is 323 g/mol. The number of hydrogen-bond donors (Lipinski definition) is 2. The van der Waals surface area contributed by atoms with Gasteiger partial charge in [-0.25, -0.2) is 4.99 Å². The molecule has 1 aromatic rings. The third-order valence-electron chi connectivity index (χ3n) is 3.54. The zero-order chi connectivity index (χ0) is 17.1. The first-order valence-electron chi connectivity index (χ1n) is 7.99. The predicted molar refractivity (Wildman–Crippen MR) is 93.6 cm³/mol. The minimum absolute atomic E-state index is 0.414. The summed E-state index contributed by atoms with van der Waals surface area (Å²) in [5.41, 5.74) is 6.79. The van der Waals surface area contributed by atoms with Gasteiger partial charge < -0.3 is 25.3 Å².